The molecule has 0 saturated carbocycles. The summed E-state index contributed by atoms with van der Waals surface area (Å²) in [7, 11) is 0. The molecule has 0 bridgehead atoms. The van der Waals surface area contributed by atoms with Gasteiger partial charge in [0.1, 0.15) is 0 Å². The molecular weight excluding hydrogens is 266 g/mol. The van der Waals surface area contributed by atoms with Gasteiger partial charge in [-0.3, -0.25) is 4.72 Å². The number of benzene rings is 1. The number of rotatable bonds is 1. The Morgan fingerprint density at radius 1 is 1.33 bits per heavy atom. The second kappa shape index (κ2) is 5.02. The van der Waals surface area contributed by atoms with Crippen molar-refractivity contribution in [2.45, 2.75) is 38.6 Å². The van der Waals surface area contributed by atoms with Crippen LogP contribution in [-0.2, 0) is 0 Å². The summed E-state index contributed by atoms with van der Waals surface area (Å²) in [6.45, 7) is 8.67. The maximum Gasteiger partial charge on any atom is 0.206 e. The van der Waals surface area contributed by atoms with Crippen LogP contribution in [0.3, 0.4) is 0 Å². The number of anilines is 1. The molecule has 2 rings (SSSR count). The van der Waals surface area contributed by atoms with Crippen LogP contribution >= 0.6 is 23.5 Å². The van der Waals surface area contributed by atoms with Crippen LogP contribution in [0.2, 0.25) is 5.02 Å². The van der Waals surface area contributed by atoms with Gasteiger partial charge in [-0.25, -0.2) is 4.99 Å². The van der Waals surface area contributed by atoms with Gasteiger partial charge in [0.15, 0.2) is 0 Å². The molecule has 0 amide bonds. The van der Waals surface area contributed by atoms with E-state index in [2.05, 4.69) is 42.7 Å². The molecule has 0 spiro atoms. The van der Waals surface area contributed by atoms with E-state index >= 15 is 0 Å². The highest BCUT2D eigenvalue weighted by Gasteiger charge is 2.21. The minimum atomic E-state index is 0.148. The Balaban J connectivity index is 2.19. The summed E-state index contributed by atoms with van der Waals surface area (Å²) in [6.07, 6.45) is 0. The SMILES string of the molecule is CC(N=C1NSc2ccc(Cl)cc2N1)C(C)(C)C. The molecule has 0 aromatic heterocycles. The van der Waals surface area contributed by atoms with Crippen molar-refractivity contribution in [3.63, 3.8) is 0 Å². The van der Waals surface area contributed by atoms with Gasteiger partial charge in [-0.2, -0.15) is 0 Å². The lowest BCUT2D eigenvalue weighted by Gasteiger charge is -2.27. The highest BCUT2D eigenvalue weighted by atomic mass is 35.5. The van der Waals surface area contributed by atoms with Gasteiger partial charge in [-0.1, -0.05) is 32.4 Å². The Morgan fingerprint density at radius 3 is 2.72 bits per heavy atom. The lowest BCUT2D eigenvalue weighted by atomic mass is 9.89. The molecule has 1 atom stereocenters. The van der Waals surface area contributed by atoms with E-state index in [4.69, 9.17) is 11.6 Å². The summed E-state index contributed by atoms with van der Waals surface area (Å²) < 4.78 is 3.21. The first-order valence-corrected chi connectivity index (χ1v) is 7.13. The van der Waals surface area contributed by atoms with Crippen LogP contribution in [0, 0.1) is 5.41 Å². The molecular formula is C13H18ClN3S. The standard InChI is InChI=1S/C13H18ClN3S/c1-8(13(2,3)4)15-12-16-10-7-9(14)5-6-11(10)18-17-12/h5-8H,1-4H3,(H2,15,16,17). The molecule has 2 N–H and O–H groups in total. The van der Waals surface area contributed by atoms with Gasteiger partial charge in [0.2, 0.25) is 5.96 Å². The largest absolute Gasteiger partial charge is 0.325 e. The van der Waals surface area contributed by atoms with Gasteiger partial charge in [-0.15, -0.1) is 0 Å². The van der Waals surface area contributed by atoms with Crippen molar-refractivity contribution < 1.29 is 0 Å². The van der Waals surface area contributed by atoms with Crippen LogP contribution < -0.4 is 10.0 Å². The molecule has 1 aromatic rings. The molecule has 0 saturated heterocycles. The predicted octanol–water partition coefficient (Wildman–Crippen LogP) is 4.15. The van der Waals surface area contributed by atoms with Crippen LogP contribution in [0.15, 0.2) is 28.1 Å². The lowest BCUT2D eigenvalue weighted by Crippen LogP contribution is -2.33. The molecule has 1 heterocycles. The average molecular weight is 284 g/mol. The molecule has 98 valence electrons. The fourth-order valence-corrected chi connectivity index (χ4v) is 2.23. The predicted molar refractivity (Wildman–Crippen MR) is 80.4 cm³/mol. The molecule has 0 radical (unpaired) electrons. The van der Waals surface area contributed by atoms with Gasteiger partial charge >= 0.3 is 0 Å². The zero-order chi connectivity index (χ0) is 13.3. The van der Waals surface area contributed by atoms with E-state index < -0.39 is 0 Å². The summed E-state index contributed by atoms with van der Waals surface area (Å²) in [5.74, 6) is 0.789. The maximum atomic E-state index is 5.99. The average Bonchev–Trinajstić information content (AvgIpc) is 2.27. The van der Waals surface area contributed by atoms with Crippen LogP contribution in [0.4, 0.5) is 5.69 Å². The zero-order valence-corrected chi connectivity index (χ0v) is 12.6. The first-order valence-electron chi connectivity index (χ1n) is 5.93. The Labute approximate surface area is 118 Å². The topological polar surface area (TPSA) is 36.4 Å². The summed E-state index contributed by atoms with van der Waals surface area (Å²) in [4.78, 5) is 5.79. The molecule has 1 aliphatic rings. The van der Waals surface area contributed by atoms with E-state index in [0.717, 1.165) is 21.6 Å². The summed E-state index contributed by atoms with van der Waals surface area (Å²) in [5, 5.41) is 4.00. The van der Waals surface area contributed by atoms with Gasteiger partial charge in [0.25, 0.3) is 0 Å². The van der Waals surface area contributed by atoms with Crippen molar-refractivity contribution in [2.75, 3.05) is 5.32 Å². The number of fused-ring (bicyclic) bond motifs is 1. The number of halogens is 1. The second-order valence-electron chi connectivity index (χ2n) is 5.49. The number of aliphatic imine (C=N–C) groups is 1. The third-order valence-electron chi connectivity index (χ3n) is 3.03. The van der Waals surface area contributed by atoms with Gasteiger partial charge in [0, 0.05) is 5.02 Å². The fraction of sp³-hybridized carbons (Fsp3) is 0.462. The molecule has 0 fully saturated rings. The number of hydrogen-bond acceptors (Lipinski definition) is 2. The van der Waals surface area contributed by atoms with Crippen molar-refractivity contribution in [1.82, 2.24) is 4.72 Å². The van der Waals surface area contributed by atoms with E-state index in [1.54, 1.807) is 11.9 Å². The number of guanidine groups is 1. The Kier molecular flexibility index (Phi) is 3.78. The van der Waals surface area contributed by atoms with Gasteiger partial charge < -0.3 is 5.32 Å². The van der Waals surface area contributed by atoms with E-state index in [9.17, 15) is 0 Å². The van der Waals surface area contributed by atoms with Crippen molar-refractivity contribution in [1.29, 1.82) is 0 Å². The third-order valence-corrected chi connectivity index (χ3v) is 4.13. The van der Waals surface area contributed by atoms with Gasteiger partial charge in [-0.05, 0) is 42.5 Å². The normalized spacial score (nSPS) is 18.8. The van der Waals surface area contributed by atoms with Crippen LogP contribution in [-0.4, -0.2) is 12.0 Å². The minimum absolute atomic E-state index is 0.148. The zero-order valence-electron chi connectivity index (χ0n) is 11.0. The first-order chi connectivity index (χ1) is 8.36. The summed E-state index contributed by atoms with van der Waals surface area (Å²) in [5.41, 5.74) is 1.15. The molecule has 1 unspecified atom stereocenters. The van der Waals surface area contributed by atoms with Gasteiger partial charge in [0.05, 0.1) is 16.6 Å². The van der Waals surface area contributed by atoms with Crippen LogP contribution in [0.25, 0.3) is 0 Å². The smallest absolute Gasteiger partial charge is 0.206 e. The maximum absolute atomic E-state index is 5.99. The number of nitrogens with zero attached hydrogens (tertiary/aromatic N) is 1. The molecule has 3 nitrogen and oxygen atoms in total. The molecule has 5 heteroatoms. The summed E-state index contributed by atoms with van der Waals surface area (Å²) >= 11 is 7.55. The Morgan fingerprint density at radius 2 is 2.06 bits per heavy atom. The summed E-state index contributed by atoms with van der Waals surface area (Å²) in [6, 6.07) is 6.03. The number of hydrogen-bond donors (Lipinski definition) is 2. The quantitative estimate of drug-likeness (QED) is 0.760. The van der Waals surface area contributed by atoms with Crippen LogP contribution in [0.5, 0.6) is 0 Å². The highest BCUT2D eigenvalue weighted by molar-refractivity contribution is 7.98. The highest BCUT2D eigenvalue weighted by Crippen LogP contribution is 2.31. The fourth-order valence-electron chi connectivity index (χ4n) is 1.39. The third kappa shape index (κ3) is 3.12. The molecule has 18 heavy (non-hydrogen) atoms. The second-order valence-corrected chi connectivity index (χ2v) is 6.77. The van der Waals surface area contributed by atoms with Crippen LogP contribution in [0.1, 0.15) is 27.7 Å². The van der Waals surface area contributed by atoms with E-state index in [1.165, 1.54) is 0 Å². The van der Waals surface area contributed by atoms with E-state index in [0.29, 0.717) is 0 Å². The van der Waals surface area contributed by atoms with Crippen molar-refractivity contribution >= 4 is 35.2 Å². The Bertz CT molecular complexity index is 480. The Hall–Kier alpha value is -0.870. The molecule has 0 aliphatic carbocycles. The van der Waals surface area contributed by atoms with E-state index in [1.807, 2.05) is 18.2 Å². The molecule has 1 aliphatic heterocycles. The van der Waals surface area contributed by atoms with E-state index in [-0.39, 0.29) is 11.5 Å². The van der Waals surface area contributed by atoms with Crippen molar-refractivity contribution in [3.8, 4) is 0 Å². The minimum Gasteiger partial charge on any atom is -0.325 e. The first kappa shape index (κ1) is 13.6. The number of nitrogens with one attached hydrogen (secondary N) is 2. The monoisotopic (exact) mass is 283 g/mol. The molecule has 1 aromatic carbocycles. The van der Waals surface area contributed by atoms with Crippen molar-refractivity contribution in [2.24, 2.45) is 10.4 Å². The van der Waals surface area contributed by atoms with Crippen molar-refractivity contribution in [3.05, 3.63) is 23.2 Å². The lowest BCUT2D eigenvalue weighted by molar-refractivity contribution is 0.341.